The molecule has 0 aliphatic heterocycles. The molecule has 1 nitrogen and oxygen atoms in total. The number of halogens is 1. The number of allylic oxidation sites excluding steroid dienone is 8. The molecule has 0 bridgehead atoms. The van der Waals surface area contributed by atoms with Crippen molar-refractivity contribution in [1.82, 2.24) is 0 Å². The van der Waals surface area contributed by atoms with Gasteiger partial charge in [-0.3, -0.25) is 0 Å². The molecule has 1 N–H and O–H groups in total. The lowest BCUT2D eigenvalue weighted by Gasteiger charge is -2.04. The standard InChI is InChI=1S/C19H19FO/c1-13(2)12-19(20)16(5)14(3)6-7-15(4)17-8-10-18(21)11-9-17/h6-12,21H,1,3-5H2,2H3/b7-6-,19-12+. The third-order valence-corrected chi connectivity index (χ3v) is 2.77. The van der Waals surface area contributed by atoms with Crippen molar-refractivity contribution >= 4 is 5.57 Å². The van der Waals surface area contributed by atoms with E-state index in [0.717, 1.165) is 11.1 Å². The highest BCUT2D eigenvalue weighted by Crippen LogP contribution is 2.22. The van der Waals surface area contributed by atoms with Gasteiger partial charge in [-0.25, -0.2) is 4.39 Å². The van der Waals surface area contributed by atoms with Gasteiger partial charge in [-0.2, -0.15) is 0 Å². The molecule has 0 amide bonds. The molecule has 21 heavy (non-hydrogen) atoms. The maximum absolute atomic E-state index is 13.7. The number of phenols is 1. The summed E-state index contributed by atoms with van der Waals surface area (Å²) in [5.41, 5.74) is 2.88. The molecular formula is C19H19FO. The van der Waals surface area contributed by atoms with Crippen LogP contribution in [0.5, 0.6) is 5.75 Å². The van der Waals surface area contributed by atoms with E-state index < -0.39 is 5.83 Å². The molecule has 0 heterocycles. The van der Waals surface area contributed by atoms with Crippen LogP contribution < -0.4 is 0 Å². The smallest absolute Gasteiger partial charge is 0.130 e. The van der Waals surface area contributed by atoms with E-state index in [0.29, 0.717) is 11.1 Å². The van der Waals surface area contributed by atoms with E-state index in [9.17, 15) is 9.50 Å². The summed E-state index contributed by atoms with van der Waals surface area (Å²) >= 11 is 0. The van der Waals surface area contributed by atoms with Crippen LogP contribution in [-0.4, -0.2) is 5.11 Å². The van der Waals surface area contributed by atoms with E-state index in [2.05, 4.69) is 26.3 Å². The SMILES string of the molecule is C=C(C)/C=C(/F)C(=C)C(=C)/C=C\C(=C)c1ccc(O)cc1. The highest BCUT2D eigenvalue weighted by atomic mass is 19.1. The molecule has 0 aliphatic rings. The van der Waals surface area contributed by atoms with Gasteiger partial charge in [0.2, 0.25) is 0 Å². The van der Waals surface area contributed by atoms with Crippen LogP contribution in [0.1, 0.15) is 12.5 Å². The molecule has 108 valence electrons. The molecule has 0 fully saturated rings. The van der Waals surface area contributed by atoms with Crippen molar-refractivity contribution in [3.63, 3.8) is 0 Å². The monoisotopic (exact) mass is 282 g/mol. The minimum absolute atomic E-state index is 0.195. The van der Waals surface area contributed by atoms with Gasteiger partial charge in [-0.15, -0.1) is 0 Å². The Morgan fingerprint density at radius 3 is 2.14 bits per heavy atom. The zero-order valence-corrected chi connectivity index (χ0v) is 12.2. The van der Waals surface area contributed by atoms with Crippen molar-refractivity contribution in [2.24, 2.45) is 0 Å². The highest BCUT2D eigenvalue weighted by Gasteiger charge is 2.04. The average Bonchev–Trinajstić information content (AvgIpc) is 2.43. The average molecular weight is 282 g/mol. The number of benzene rings is 1. The second kappa shape index (κ2) is 7.25. The molecule has 0 spiro atoms. The predicted molar refractivity (Wildman–Crippen MR) is 88.6 cm³/mol. The Morgan fingerprint density at radius 1 is 1.05 bits per heavy atom. The van der Waals surface area contributed by atoms with E-state index in [-0.39, 0.29) is 11.3 Å². The second-order valence-electron chi connectivity index (χ2n) is 4.75. The summed E-state index contributed by atoms with van der Waals surface area (Å²) in [5, 5.41) is 9.23. The van der Waals surface area contributed by atoms with E-state index >= 15 is 0 Å². The normalized spacial score (nSPS) is 11.4. The van der Waals surface area contributed by atoms with Gasteiger partial charge in [0.1, 0.15) is 11.6 Å². The largest absolute Gasteiger partial charge is 0.508 e. The molecule has 1 aromatic rings. The maximum Gasteiger partial charge on any atom is 0.130 e. The van der Waals surface area contributed by atoms with Crippen LogP contribution in [0, 0.1) is 0 Å². The summed E-state index contributed by atoms with van der Waals surface area (Å²) in [6.45, 7) is 16.7. The zero-order valence-electron chi connectivity index (χ0n) is 12.2. The molecule has 0 aromatic heterocycles. The Balaban J connectivity index is 2.78. The van der Waals surface area contributed by atoms with Crippen molar-refractivity contribution in [2.45, 2.75) is 6.92 Å². The van der Waals surface area contributed by atoms with Crippen LogP contribution in [-0.2, 0) is 0 Å². The highest BCUT2D eigenvalue weighted by molar-refractivity contribution is 5.73. The third kappa shape index (κ3) is 5.11. The first kappa shape index (κ1) is 16.4. The lowest BCUT2D eigenvalue weighted by atomic mass is 10.0. The molecule has 0 radical (unpaired) electrons. The fraction of sp³-hybridized carbons (Fsp3) is 0.0526. The van der Waals surface area contributed by atoms with Gasteiger partial charge < -0.3 is 5.11 Å². The number of hydrogen-bond acceptors (Lipinski definition) is 1. The van der Waals surface area contributed by atoms with Crippen molar-refractivity contribution in [1.29, 1.82) is 0 Å². The van der Waals surface area contributed by atoms with Crippen LogP contribution in [0.25, 0.3) is 5.57 Å². The molecule has 1 rings (SSSR count). The lowest BCUT2D eigenvalue weighted by molar-refractivity contribution is 0.475. The van der Waals surface area contributed by atoms with Gasteiger partial charge in [-0.05, 0) is 41.8 Å². The van der Waals surface area contributed by atoms with E-state index in [1.165, 1.54) is 6.08 Å². The summed E-state index contributed by atoms with van der Waals surface area (Å²) in [4.78, 5) is 0. The zero-order chi connectivity index (χ0) is 16.0. The van der Waals surface area contributed by atoms with Gasteiger partial charge in [0.25, 0.3) is 0 Å². The minimum Gasteiger partial charge on any atom is -0.508 e. The Labute approximate surface area is 125 Å². The van der Waals surface area contributed by atoms with E-state index in [1.54, 1.807) is 43.3 Å². The third-order valence-electron chi connectivity index (χ3n) is 2.77. The van der Waals surface area contributed by atoms with E-state index in [1.807, 2.05) is 0 Å². The van der Waals surface area contributed by atoms with Gasteiger partial charge in [0.15, 0.2) is 0 Å². The van der Waals surface area contributed by atoms with Crippen molar-refractivity contribution in [3.8, 4) is 5.75 Å². The first-order chi connectivity index (χ1) is 9.81. The Bertz CT molecular complexity index is 643. The molecule has 2 heteroatoms. The van der Waals surface area contributed by atoms with E-state index in [4.69, 9.17) is 0 Å². The van der Waals surface area contributed by atoms with Gasteiger partial charge >= 0.3 is 0 Å². The predicted octanol–water partition coefficient (Wildman–Crippen LogP) is 5.50. The molecule has 1 aromatic carbocycles. The first-order valence-corrected chi connectivity index (χ1v) is 6.39. The van der Waals surface area contributed by atoms with Crippen LogP contribution in [0.2, 0.25) is 0 Å². The quantitative estimate of drug-likeness (QED) is 0.683. The fourth-order valence-corrected chi connectivity index (χ4v) is 1.53. The molecule has 0 saturated heterocycles. The Kier molecular flexibility index (Phi) is 5.67. The Morgan fingerprint density at radius 2 is 1.62 bits per heavy atom. The summed E-state index contributed by atoms with van der Waals surface area (Å²) < 4.78 is 13.7. The number of hydrogen-bond donors (Lipinski definition) is 1. The van der Waals surface area contributed by atoms with Crippen LogP contribution in [0.3, 0.4) is 0 Å². The van der Waals surface area contributed by atoms with Crippen LogP contribution >= 0.6 is 0 Å². The number of aromatic hydroxyl groups is 1. The summed E-state index contributed by atoms with van der Waals surface area (Å²) in [6.07, 6.45) is 4.70. The van der Waals surface area contributed by atoms with Crippen LogP contribution in [0.4, 0.5) is 4.39 Å². The fourth-order valence-electron chi connectivity index (χ4n) is 1.53. The van der Waals surface area contributed by atoms with Crippen molar-refractivity contribution in [3.05, 3.63) is 96.9 Å². The topological polar surface area (TPSA) is 20.2 Å². The second-order valence-corrected chi connectivity index (χ2v) is 4.75. The van der Waals surface area contributed by atoms with Crippen molar-refractivity contribution < 1.29 is 9.50 Å². The summed E-state index contributed by atoms with van der Waals surface area (Å²) in [6, 6.07) is 6.66. The summed E-state index contributed by atoms with van der Waals surface area (Å²) in [5.74, 6) is -0.257. The van der Waals surface area contributed by atoms with Crippen molar-refractivity contribution in [2.75, 3.05) is 0 Å². The lowest BCUT2D eigenvalue weighted by Crippen LogP contribution is -1.86. The van der Waals surface area contributed by atoms with Gasteiger partial charge in [-0.1, -0.05) is 56.2 Å². The molecule has 0 unspecified atom stereocenters. The van der Waals surface area contributed by atoms with Gasteiger partial charge in [0, 0.05) is 5.57 Å². The summed E-state index contributed by atoms with van der Waals surface area (Å²) in [7, 11) is 0. The van der Waals surface area contributed by atoms with Gasteiger partial charge in [0.05, 0.1) is 0 Å². The van der Waals surface area contributed by atoms with Crippen LogP contribution in [0.15, 0.2) is 91.4 Å². The molecule has 0 saturated carbocycles. The Hall–Kier alpha value is -2.61. The molecule has 0 atom stereocenters. The first-order valence-electron chi connectivity index (χ1n) is 6.39. The maximum atomic E-state index is 13.7. The minimum atomic E-state index is -0.451. The number of phenolic OH excluding ortho intramolecular Hbond substituents is 1. The molecular weight excluding hydrogens is 263 g/mol. The number of rotatable bonds is 6. The molecule has 0 aliphatic carbocycles.